The molecule has 0 unspecified atom stereocenters. The van der Waals surface area contributed by atoms with Crippen LogP contribution in [0.5, 0.6) is 0 Å². The maximum atomic E-state index is 13.4. The number of nitrogens with two attached hydrogens (primary N) is 1. The van der Waals surface area contributed by atoms with Gasteiger partial charge in [0.25, 0.3) is 5.91 Å². The summed E-state index contributed by atoms with van der Waals surface area (Å²) in [6.45, 7) is 0. The summed E-state index contributed by atoms with van der Waals surface area (Å²) in [5.74, 6) is -6.54. The first-order chi connectivity index (χ1) is 9.40. The number of anilines is 2. The quantitative estimate of drug-likeness (QED) is 0.506. The van der Waals surface area contributed by atoms with Gasteiger partial charge in [-0.15, -0.1) is 0 Å². The number of amides is 1. The molecule has 20 heavy (non-hydrogen) atoms. The van der Waals surface area contributed by atoms with E-state index >= 15 is 0 Å². The molecule has 0 spiro atoms. The van der Waals surface area contributed by atoms with Crippen molar-refractivity contribution in [3.05, 3.63) is 59.2 Å². The van der Waals surface area contributed by atoms with E-state index in [2.05, 4.69) is 5.32 Å². The summed E-state index contributed by atoms with van der Waals surface area (Å²) in [4.78, 5) is 11.7. The third kappa shape index (κ3) is 2.56. The van der Waals surface area contributed by atoms with Crippen LogP contribution in [-0.4, -0.2) is 5.91 Å². The molecule has 2 aromatic rings. The molecular formula is C13H8F4N2O. The average Bonchev–Trinajstić information content (AvgIpc) is 2.40. The molecule has 3 N–H and O–H groups in total. The summed E-state index contributed by atoms with van der Waals surface area (Å²) in [5.41, 5.74) is 4.73. The lowest BCUT2D eigenvalue weighted by molar-refractivity contribution is 0.102. The van der Waals surface area contributed by atoms with Gasteiger partial charge in [-0.2, -0.15) is 0 Å². The largest absolute Gasteiger partial charge is 0.397 e. The van der Waals surface area contributed by atoms with Crippen molar-refractivity contribution in [3.63, 3.8) is 0 Å². The zero-order chi connectivity index (χ0) is 14.9. The Morgan fingerprint density at radius 2 is 1.70 bits per heavy atom. The minimum Gasteiger partial charge on any atom is -0.397 e. The fraction of sp³-hybridized carbons (Fsp3) is 0. The highest BCUT2D eigenvalue weighted by atomic mass is 19.2. The number of halogens is 4. The Morgan fingerprint density at radius 3 is 2.40 bits per heavy atom. The van der Waals surface area contributed by atoms with E-state index in [-0.39, 0.29) is 11.4 Å². The second-order valence-electron chi connectivity index (χ2n) is 3.91. The van der Waals surface area contributed by atoms with E-state index in [1.807, 2.05) is 0 Å². The number of nitrogen functional groups attached to an aromatic ring is 1. The van der Waals surface area contributed by atoms with Crippen LogP contribution in [0.25, 0.3) is 0 Å². The number of hydrogen-bond donors (Lipinski definition) is 2. The van der Waals surface area contributed by atoms with Gasteiger partial charge in [0.05, 0.1) is 16.9 Å². The van der Waals surface area contributed by atoms with Crippen LogP contribution >= 0.6 is 0 Å². The van der Waals surface area contributed by atoms with E-state index in [0.717, 1.165) is 18.2 Å². The van der Waals surface area contributed by atoms with Crippen molar-refractivity contribution in [1.29, 1.82) is 0 Å². The topological polar surface area (TPSA) is 55.1 Å². The van der Waals surface area contributed by atoms with Gasteiger partial charge in [0.15, 0.2) is 17.5 Å². The van der Waals surface area contributed by atoms with Gasteiger partial charge < -0.3 is 11.1 Å². The number of carbonyl (C=O) groups is 1. The maximum absolute atomic E-state index is 13.4. The molecular weight excluding hydrogens is 276 g/mol. The van der Waals surface area contributed by atoms with E-state index in [1.165, 1.54) is 6.07 Å². The molecule has 1 amide bonds. The van der Waals surface area contributed by atoms with Crippen molar-refractivity contribution >= 4 is 17.3 Å². The molecule has 0 bridgehead atoms. The Hall–Kier alpha value is -2.57. The molecule has 2 rings (SSSR count). The number of benzene rings is 2. The van der Waals surface area contributed by atoms with E-state index in [1.54, 1.807) is 0 Å². The summed E-state index contributed by atoms with van der Waals surface area (Å²) in [7, 11) is 0. The second-order valence-corrected chi connectivity index (χ2v) is 3.91. The summed E-state index contributed by atoms with van der Waals surface area (Å²) < 4.78 is 52.2. The van der Waals surface area contributed by atoms with Gasteiger partial charge in [0.2, 0.25) is 0 Å². The first-order valence-electron chi connectivity index (χ1n) is 5.40. The summed E-state index contributed by atoms with van der Waals surface area (Å²) in [5, 5.41) is 2.12. The predicted octanol–water partition coefficient (Wildman–Crippen LogP) is 3.08. The molecule has 0 atom stereocenters. The van der Waals surface area contributed by atoms with Crippen LogP contribution in [0.3, 0.4) is 0 Å². The van der Waals surface area contributed by atoms with Gasteiger partial charge in [-0.05, 0) is 30.3 Å². The molecule has 0 aliphatic rings. The standard InChI is InChI=1S/C13H8F4N2O/c14-6-1-4-9(18)10(5-6)19-13(20)7-2-3-8(15)12(17)11(7)16/h1-5H,18H2,(H,19,20). The van der Waals surface area contributed by atoms with Gasteiger partial charge in [-0.25, -0.2) is 17.6 Å². The normalized spacial score (nSPS) is 10.4. The van der Waals surface area contributed by atoms with Gasteiger partial charge in [0.1, 0.15) is 5.82 Å². The zero-order valence-corrected chi connectivity index (χ0v) is 9.88. The van der Waals surface area contributed by atoms with Crippen LogP contribution in [0.2, 0.25) is 0 Å². The SMILES string of the molecule is Nc1ccc(F)cc1NC(=O)c1ccc(F)c(F)c1F. The Balaban J connectivity index is 2.33. The first kappa shape index (κ1) is 13.9. The number of carbonyl (C=O) groups excluding carboxylic acids is 1. The molecule has 0 radical (unpaired) electrons. The lowest BCUT2D eigenvalue weighted by atomic mass is 10.1. The van der Waals surface area contributed by atoms with Crippen LogP contribution in [-0.2, 0) is 0 Å². The second kappa shape index (κ2) is 5.20. The van der Waals surface area contributed by atoms with Crippen molar-refractivity contribution in [3.8, 4) is 0 Å². The molecule has 3 nitrogen and oxygen atoms in total. The Morgan fingerprint density at radius 1 is 1.00 bits per heavy atom. The minimum atomic E-state index is -1.76. The van der Waals surface area contributed by atoms with Gasteiger partial charge in [0, 0.05) is 0 Å². The average molecular weight is 284 g/mol. The molecule has 0 fully saturated rings. The highest BCUT2D eigenvalue weighted by molar-refractivity contribution is 6.05. The first-order valence-corrected chi connectivity index (χ1v) is 5.40. The molecule has 0 saturated carbocycles. The third-order valence-electron chi connectivity index (χ3n) is 2.54. The fourth-order valence-corrected chi connectivity index (χ4v) is 1.53. The third-order valence-corrected chi connectivity index (χ3v) is 2.54. The van der Waals surface area contributed by atoms with Crippen LogP contribution in [0, 0.1) is 23.3 Å². The van der Waals surface area contributed by atoms with Crippen molar-refractivity contribution in [1.82, 2.24) is 0 Å². The lowest BCUT2D eigenvalue weighted by Gasteiger charge is -2.09. The smallest absolute Gasteiger partial charge is 0.258 e. The molecule has 2 aromatic carbocycles. The van der Waals surface area contributed by atoms with Crippen molar-refractivity contribution in [2.24, 2.45) is 0 Å². The van der Waals surface area contributed by atoms with E-state index in [9.17, 15) is 22.4 Å². The molecule has 0 aliphatic heterocycles. The number of rotatable bonds is 2. The molecule has 7 heteroatoms. The zero-order valence-electron chi connectivity index (χ0n) is 9.88. The summed E-state index contributed by atoms with van der Waals surface area (Å²) in [6.07, 6.45) is 0. The van der Waals surface area contributed by atoms with E-state index < -0.39 is 34.7 Å². The Kier molecular flexibility index (Phi) is 3.60. The van der Waals surface area contributed by atoms with Gasteiger partial charge in [-0.3, -0.25) is 4.79 Å². The van der Waals surface area contributed by atoms with Crippen molar-refractivity contribution in [2.75, 3.05) is 11.1 Å². The van der Waals surface area contributed by atoms with Crippen molar-refractivity contribution in [2.45, 2.75) is 0 Å². The summed E-state index contributed by atoms with van der Waals surface area (Å²) >= 11 is 0. The van der Waals surface area contributed by atoms with E-state index in [0.29, 0.717) is 6.07 Å². The number of hydrogen-bond acceptors (Lipinski definition) is 2. The highest BCUT2D eigenvalue weighted by Crippen LogP contribution is 2.21. The van der Waals surface area contributed by atoms with Crippen LogP contribution < -0.4 is 11.1 Å². The maximum Gasteiger partial charge on any atom is 0.258 e. The molecule has 0 heterocycles. The fourth-order valence-electron chi connectivity index (χ4n) is 1.53. The summed E-state index contributed by atoms with van der Waals surface area (Å²) in [6, 6.07) is 4.58. The van der Waals surface area contributed by atoms with Crippen LogP contribution in [0.4, 0.5) is 28.9 Å². The van der Waals surface area contributed by atoms with E-state index in [4.69, 9.17) is 5.73 Å². The van der Waals surface area contributed by atoms with Gasteiger partial charge in [-0.1, -0.05) is 0 Å². The Bertz CT molecular complexity index is 688. The van der Waals surface area contributed by atoms with Gasteiger partial charge >= 0.3 is 0 Å². The monoisotopic (exact) mass is 284 g/mol. The predicted molar refractivity (Wildman–Crippen MR) is 65.1 cm³/mol. The molecule has 0 aromatic heterocycles. The van der Waals surface area contributed by atoms with Crippen molar-refractivity contribution < 1.29 is 22.4 Å². The Labute approximate surface area is 111 Å². The number of nitrogens with one attached hydrogen (secondary N) is 1. The molecule has 104 valence electrons. The van der Waals surface area contributed by atoms with Crippen LogP contribution in [0.1, 0.15) is 10.4 Å². The lowest BCUT2D eigenvalue weighted by Crippen LogP contribution is -2.16. The molecule has 0 aliphatic carbocycles. The molecule has 0 saturated heterocycles. The highest BCUT2D eigenvalue weighted by Gasteiger charge is 2.19. The minimum absolute atomic E-state index is 0.0442. The van der Waals surface area contributed by atoms with Crippen LogP contribution in [0.15, 0.2) is 30.3 Å².